The van der Waals surface area contributed by atoms with E-state index >= 15 is 0 Å². The third-order valence-electron chi connectivity index (χ3n) is 7.15. The summed E-state index contributed by atoms with van der Waals surface area (Å²) in [4.78, 5) is 0. The molecule has 120 valence electrons. The summed E-state index contributed by atoms with van der Waals surface area (Å²) >= 11 is 0. The summed E-state index contributed by atoms with van der Waals surface area (Å²) in [7, 11) is 0. The van der Waals surface area contributed by atoms with Crippen LogP contribution < -0.4 is 11.1 Å². The van der Waals surface area contributed by atoms with E-state index < -0.39 is 0 Å². The van der Waals surface area contributed by atoms with E-state index in [1.54, 1.807) is 0 Å². The van der Waals surface area contributed by atoms with Gasteiger partial charge in [-0.3, -0.25) is 0 Å². The number of hydrogen-bond donors (Lipinski definition) is 2. The molecule has 0 radical (unpaired) electrons. The van der Waals surface area contributed by atoms with Gasteiger partial charge in [0.2, 0.25) is 0 Å². The normalized spacial score (nSPS) is 41.7. The maximum absolute atomic E-state index is 6.86. The molecule has 1 aliphatic heterocycles. The highest BCUT2D eigenvalue weighted by Gasteiger charge is 2.66. The van der Waals surface area contributed by atoms with E-state index in [0.717, 1.165) is 30.9 Å². The molecule has 0 bridgehead atoms. The van der Waals surface area contributed by atoms with Gasteiger partial charge in [0.05, 0.1) is 6.10 Å². The average Bonchev–Trinajstić information content (AvgIpc) is 3.37. The van der Waals surface area contributed by atoms with Crippen LogP contribution in [0.3, 0.4) is 0 Å². The Bertz CT molecular complexity index is 390. The fraction of sp³-hybridized carbons (Fsp3) is 1.00. The minimum absolute atomic E-state index is 0.0737. The molecule has 3 unspecified atom stereocenters. The van der Waals surface area contributed by atoms with Gasteiger partial charge in [-0.15, -0.1) is 0 Å². The third kappa shape index (κ3) is 2.27. The van der Waals surface area contributed by atoms with Gasteiger partial charge >= 0.3 is 0 Å². The average molecular weight is 292 g/mol. The molecule has 0 aromatic rings. The summed E-state index contributed by atoms with van der Waals surface area (Å²) in [5.41, 5.74) is 6.90. The topological polar surface area (TPSA) is 47.3 Å². The van der Waals surface area contributed by atoms with Gasteiger partial charge < -0.3 is 15.8 Å². The van der Waals surface area contributed by atoms with Crippen molar-refractivity contribution >= 4 is 0 Å². The minimum Gasteiger partial charge on any atom is -0.377 e. The van der Waals surface area contributed by atoms with Gasteiger partial charge in [-0.05, 0) is 62.8 Å². The van der Waals surface area contributed by atoms with E-state index in [1.807, 2.05) is 0 Å². The molecule has 3 nitrogen and oxygen atoms in total. The van der Waals surface area contributed by atoms with E-state index in [-0.39, 0.29) is 11.0 Å². The Morgan fingerprint density at radius 1 is 1.14 bits per heavy atom. The second kappa shape index (κ2) is 4.94. The van der Waals surface area contributed by atoms with Gasteiger partial charge in [-0.2, -0.15) is 0 Å². The highest BCUT2D eigenvalue weighted by Crippen LogP contribution is 2.57. The van der Waals surface area contributed by atoms with Crippen LogP contribution in [-0.4, -0.2) is 31.3 Å². The lowest BCUT2D eigenvalue weighted by Gasteiger charge is -2.66. The molecule has 3 saturated carbocycles. The zero-order valence-electron chi connectivity index (χ0n) is 13.7. The lowest BCUT2D eigenvalue weighted by molar-refractivity contribution is -0.225. The molecular formula is C18H32N2O. The van der Waals surface area contributed by atoms with E-state index in [2.05, 4.69) is 19.2 Å². The Morgan fingerprint density at radius 3 is 2.43 bits per heavy atom. The Balaban J connectivity index is 1.34. The molecule has 0 aromatic heterocycles. The van der Waals surface area contributed by atoms with E-state index in [9.17, 15) is 0 Å². The molecule has 0 amide bonds. The molecule has 0 spiro atoms. The van der Waals surface area contributed by atoms with E-state index in [4.69, 9.17) is 10.5 Å². The summed E-state index contributed by atoms with van der Waals surface area (Å²) in [5, 5.41) is 3.78. The van der Waals surface area contributed by atoms with Crippen molar-refractivity contribution in [1.29, 1.82) is 0 Å². The molecule has 1 saturated heterocycles. The van der Waals surface area contributed by atoms with Crippen molar-refractivity contribution in [2.24, 2.45) is 34.8 Å². The molecule has 3 atom stereocenters. The van der Waals surface area contributed by atoms with Crippen molar-refractivity contribution in [1.82, 2.24) is 5.32 Å². The van der Waals surface area contributed by atoms with Gasteiger partial charge in [0, 0.05) is 30.0 Å². The van der Waals surface area contributed by atoms with Gasteiger partial charge in [0.25, 0.3) is 0 Å². The molecular weight excluding hydrogens is 260 g/mol. The van der Waals surface area contributed by atoms with Crippen LogP contribution in [0.5, 0.6) is 0 Å². The van der Waals surface area contributed by atoms with Crippen molar-refractivity contribution in [3.05, 3.63) is 0 Å². The second-order valence-corrected chi connectivity index (χ2v) is 8.77. The molecule has 21 heavy (non-hydrogen) atoms. The molecule has 4 rings (SSSR count). The van der Waals surface area contributed by atoms with Crippen molar-refractivity contribution in [2.45, 2.75) is 64.0 Å². The Kier molecular flexibility index (Phi) is 3.40. The fourth-order valence-corrected chi connectivity index (χ4v) is 5.24. The van der Waals surface area contributed by atoms with Crippen molar-refractivity contribution in [3.63, 3.8) is 0 Å². The Labute approximate surface area is 129 Å². The Morgan fingerprint density at radius 2 is 1.81 bits per heavy atom. The molecule has 3 aliphatic carbocycles. The zero-order chi connectivity index (χ0) is 14.7. The first-order chi connectivity index (χ1) is 10.0. The quantitative estimate of drug-likeness (QED) is 0.791. The van der Waals surface area contributed by atoms with Crippen LogP contribution in [0.2, 0.25) is 0 Å². The molecule has 3 heteroatoms. The predicted molar refractivity (Wildman–Crippen MR) is 85.0 cm³/mol. The van der Waals surface area contributed by atoms with Gasteiger partial charge in [0.15, 0.2) is 0 Å². The SMILES string of the molecule is CC1(C)C2OCCCC2C1(N)CNCC(C1CC1)C1CC1. The van der Waals surface area contributed by atoms with Crippen LogP contribution in [0.25, 0.3) is 0 Å². The molecule has 3 N–H and O–H groups in total. The van der Waals surface area contributed by atoms with Gasteiger partial charge in [-0.1, -0.05) is 13.8 Å². The fourth-order valence-electron chi connectivity index (χ4n) is 5.24. The van der Waals surface area contributed by atoms with Crippen molar-refractivity contribution in [3.8, 4) is 0 Å². The minimum atomic E-state index is -0.0737. The number of nitrogens with one attached hydrogen (secondary N) is 1. The smallest absolute Gasteiger partial charge is 0.0690 e. The van der Waals surface area contributed by atoms with Crippen LogP contribution >= 0.6 is 0 Å². The number of fused-ring (bicyclic) bond motifs is 1. The van der Waals surface area contributed by atoms with Crippen molar-refractivity contribution in [2.75, 3.05) is 19.7 Å². The predicted octanol–water partition coefficient (Wildman–Crippen LogP) is 2.54. The highest BCUT2D eigenvalue weighted by molar-refractivity contribution is 5.20. The monoisotopic (exact) mass is 292 g/mol. The summed E-state index contributed by atoms with van der Waals surface area (Å²) in [6, 6.07) is 0. The summed E-state index contributed by atoms with van der Waals surface area (Å²) in [6.45, 7) is 7.71. The maximum atomic E-state index is 6.86. The van der Waals surface area contributed by atoms with Crippen LogP contribution in [0.4, 0.5) is 0 Å². The van der Waals surface area contributed by atoms with Crippen LogP contribution in [0, 0.1) is 29.1 Å². The molecule has 4 fully saturated rings. The van der Waals surface area contributed by atoms with E-state index in [1.165, 1.54) is 45.1 Å². The van der Waals surface area contributed by atoms with E-state index in [0.29, 0.717) is 12.0 Å². The lowest BCUT2D eigenvalue weighted by atomic mass is 9.46. The van der Waals surface area contributed by atoms with Gasteiger partial charge in [-0.25, -0.2) is 0 Å². The van der Waals surface area contributed by atoms with Crippen LogP contribution in [0.1, 0.15) is 52.4 Å². The summed E-state index contributed by atoms with van der Waals surface area (Å²) in [6.07, 6.45) is 8.72. The number of ether oxygens (including phenoxy) is 1. The molecule has 4 aliphatic rings. The standard InChI is InChI=1S/C18H32N2O/c1-17(2)16-15(4-3-9-21-16)18(17,19)11-20-10-14(12-5-6-12)13-7-8-13/h12-16,20H,3-11,19H2,1-2H3. The largest absolute Gasteiger partial charge is 0.377 e. The van der Waals surface area contributed by atoms with Crippen LogP contribution in [0.15, 0.2) is 0 Å². The maximum Gasteiger partial charge on any atom is 0.0690 e. The summed E-state index contributed by atoms with van der Waals surface area (Å²) in [5.74, 6) is 3.56. The summed E-state index contributed by atoms with van der Waals surface area (Å²) < 4.78 is 6.00. The zero-order valence-corrected chi connectivity index (χ0v) is 13.7. The van der Waals surface area contributed by atoms with Crippen LogP contribution in [-0.2, 0) is 4.74 Å². The third-order valence-corrected chi connectivity index (χ3v) is 7.15. The number of rotatable bonds is 6. The molecule has 1 heterocycles. The highest BCUT2D eigenvalue weighted by atomic mass is 16.5. The van der Waals surface area contributed by atoms with Crippen molar-refractivity contribution < 1.29 is 4.74 Å². The first-order valence-corrected chi connectivity index (χ1v) is 9.15. The number of hydrogen-bond acceptors (Lipinski definition) is 3. The second-order valence-electron chi connectivity index (χ2n) is 8.77. The molecule has 0 aromatic carbocycles. The Hall–Kier alpha value is -0.120. The first kappa shape index (κ1) is 14.5. The van der Waals surface area contributed by atoms with Gasteiger partial charge in [0.1, 0.15) is 0 Å². The number of nitrogens with two attached hydrogens (primary N) is 1. The first-order valence-electron chi connectivity index (χ1n) is 9.15. The lowest BCUT2D eigenvalue weighted by Crippen LogP contribution is -2.80.